The molecule has 0 aromatic heterocycles. The molecule has 25 nitrogen and oxygen atoms in total. The Morgan fingerprint density at radius 3 is 1.33 bits per heavy atom. The Labute approximate surface area is 523 Å². The van der Waals surface area contributed by atoms with Crippen LogP contribution in [0.1, 0.15) is 55.4 Å². The fourth-order valence-corrected chi connectivity index (χ4v) is 14.2. The number of rotatable bonds is 20. The van der Waals surface area contributed by atoms with Crippen molar-refractivity contribution in [1.29, 1.82) is 0 Å². The van der Waals surface area contributed by atoms with Crippen molar-refractivity contribution >= 4 is 112 Å². The SMILES string of the molecule is CC(=O)NCSC1=C(C(=O)[O-])N2C(=O)C(C(C)O)C2C1C.[B]N=POC(=O)C1=C(OP(=O)(Oc2ccccc2)Oc2ccccc2)C(C)C2C(C(C)O)C(=O)N12.[B]N=POC(=O)C1=C(SCNC(C)=O)C(C)C2C(C(C)O)C(=O)N12.[K+]. The van der Waals surface area contributed by atoms with Crippen LogP contribution in [-0.4, -0.2) is 142 Å². The topological polar surface area (TPSA) is 342 Å². The zero-order valence-corrected chi connectivity index (χ0v) is 52.6. The molecule has 6 aliphatic rings. The maximum Gasteiger partial charge on any atom is 1.00 e. The van der Waals surface area contributed by atoms with Crippen molar-refractivity contribution in [3.63, 3.8) is 0 Å². The number of β-lactam (4-membered cyclic amide) rings is 3. The zero-order valence-electron chi connectivity index (χ0n) is 45.1. The van der Waals surface area contributed by atoms with Gasteiger partial charge in [-0.15, -0.1) is 23.5 Å². The molecule has 0 bridgehead atoms. The van der Waals surface area contributed by atoms with Crippen LogP contribution < -0.4 is 76.2 Å². The number of nitrogens with zero attached hydrogens (tertiary/aromatic N) is 5. The average Bonchev–Trinajstić information content (AvgIpc) is 3.88. The monoisotopic (exact) mass is 1240 g/mol. The molecule has 3 fully saturated rings. The van der Waals surface area contributed by atoms with Gasteiger partial charge in [-0.1, -0.05) is 57.2 Å². The number of nitrogens with one attached hydrogen (secondary N) is 2. The van der Waals surface area contributed by atoms with E-state index in [0.717, 1.165) is 0 Å². The Bertz CT molecular complexity index is 2920. The van der Waals surface area contributed by atoms with Gasteiger partial charge in [0.25, 0.3) is 16.0 Å². The maximum atomic E-state index is 13.9. The molecule has 0 spiro atoms. The number of phosphoric ester groups is 1. The predicted octanol–water partition coefficient (Wildman–Crippen LogP) is 0.200. The number of hydrogen-bond donors (Lipinski definition) is 5. The number of benzene rings is 2. The summed E-state index contributed by atoms with van der Waals surface area (Å²) in [7, 11) is 5.30. The number of aliphatic carboxylic acids is 1. The fraction of sp³-hybridized carbons (Fsp3) is 0.458. The molecule has 6 heterocycles. The molecule has 0 aliphatic carbocycles. The number of carbonyl (C=O) groups excluding carboxylic acids is 8. The number of phosphoric acid groups is 1. The number of carboxylic acids is 1. The van der Waals surface area contributed by atoms with Gasteiger partial charge in [0.05, 0.1) is 77.6 Å². The number of carboxylic acid groups (broad SMARTS) is 1. The van der Waals surface area contributed by atoms with Gasteiger partial charge >= 0.3 is 71.1 Å². The van der Waals surface area contributed by atoms with E-state index in [2.05, 4.69) is 19.9 Å². The van der Waals surface area contributed by atoms with E-state index in [1.54, 1.807) is 74.5 Å². The molecular weight excluding hydrogens is 1180 g/mol. The van der Waals surface area contributed by atoms with Crippen molar-refractivity contribution in [2.45, 2.75) is 91.8 Å². The maximum absolute atomic E-state index is 13.9. The van der Waals surface area contributed by atoms with Crippen LogP contribution >= 0.6 is 48.5 Å². The van der Waals surface area contributed by atoms with Crippen LogP contribution in [0.25, 0.3) is 0 Å². The van der Waals surface area contributed by atoms with Gasteiger partial charge in [0.2, 0.25) is 46.7 Å². The summed E-state index contributed by atoms with van der Waals surface area (Å²) in [6.45, 7) is 12.7. The number of hydrogen-bond acceptors (Lipinski definition) is 22. The second-order valence-corrected chi connectivity index (χ2v) is 23.4. The van der Waals surface area contributed by atoms with Crippen LogP contribution in [0.2, 0.25) is 0 Å². The van der Waals surface area contributed by atoms with Crippen LogP contribution in [0.5, 0.6) is 11.5 Å². The summed E-state index contributed by atoms with van der Waals surface area (Å²) in [6, 6.07) is 15.2. The van der Waals surface area contributed by atoms with Gasteiger partial charge in [-0.25, -0.2) is 9.59 Å². The minimum Gasteiger partial charge on any atom is -0.543 e. The van der Waals surface area contributed by atoms with Gasteiger partial charge < -0.3 is 77.6 Å². The van der Waals surface area contributed by atoms with Gasteiger partial charge in [-0.2, -0.15) is 4.57 Å². The Hall–Kier alpha value is -4.40. The Balaban J connectivity index is 0.000000231. The number of aliphatic hydroxyl groups is 3. The number of fused-ring (bicyclic) bond motifs is 3. The summed E-state index contributed by atoms with van der Waals surface area (Å²) >= 11 is 2.43. The average molecular weight is 1240 g/mol. The first kappa shape index (κ1) is 67.4. The number of aliphatic hydroxyl groups excluding tert-OH is 3. The van der Waals surface area contributed by atoms with E-state index in [4.69, 9.17) is 38.6 Å². The Kier molecular flexibility index (Phi) is 24.5. The van der Waals surface area contributed by atoms with Crippen LogP contribution in [0.3, 0.4) is 0 Å². The number of amides is 5. The number of para-hydroxylation sites is 2. The second kappa shape index (κ2) is 29.4. The van der Waals surface area contributed by atoms with Crippen LogP contribution in [0.15, 0.2) is 103 Å². The zero-order chi connectivity index (χ0) is 59.1. The van der Waals surface area contributed by atoms with Crippen LogP contribution in [0.4, 0.5) is 0 Å². The van der Waals surface area contributed by atoms with Gasteiger partial charge in [0.1, 0.15) is 23.0 Å². The van der Waals surface area contributed by atoms with Gasteiger partial charge in [0, 0.05) is 41.4 Å². The van der Waals surface area contributed by atoms with Crippen molar-refractivity contribution in [2.24, 2.45) is 44.8 Å². The van der Waals surface area contributed by atoms with Crippen molar-refractivity contribution in [3.05, 3.63) is 93.3 Å². The summed E-state index contributed by atoms with van der Waals surface area (Å²) in [6.07, 6.45) is -2.62. The minimum absolute atomic E-state index is 0. The first-order valence-corrected chi connectivity index (χ1v) is 29.4. The van der Waals surface area contributed by atoms with Crippen LogP contribution in [-0.2, 0) is 56.5 Å². The third-order valence-electron chi connectivity index (χ3n) is 13.5. The summed E-state index contributed by atoms with van der Waals surface area (Å²) in [5, 5.41) is 46.2. The normalized spacial score (nSPS) is 25.2. The number of carbonyl (C=O) groups is 8. The Morgan fingerprint density at radius 1 is 0.630 bits per heavy atom. The van der Waals surface area contributed by atoms with Gasteiger partial charge in [-0.05, 0) is 45.0 Å². The van der Waals surface area contributed by atoms with Crippen molar-refractivity contribution in [1.82, 2.24) is 25.3 Å². The molecule has 2 aromatic carbocycles. The molecule has 5 amide bonds. The first-order chi connectivity index (χ1) is 37.8. The molecule has 3 saturated heterocycles. The molecule has 6 aliphatic heterocycles. The fourth-order valence-electron chi connectivity index (χ4n) is 10.1. The van der Waals surface area contributed by atoms with E-state index in [-0.39, 0.29) is 156 Å². The Morgan fingerprint density at radius 2 is 0.975 bits per heavy atom. The van der Waals surface area contributed by atoms with E-state index < -0.39 is 85.6 Å². The molecule has 12 atom stereocenters. The summed E-state index contributed by atoms with van der Waals surface area (Å²) in [5.41, 5.74) is -0.264. The van der Waals surface area contributed by atoms with Gasteiger partial charge in [-0.3, -0.25) is 28.9 Å². The molecule has 424 valence electrons. The second-order valence-electron chi connectivity index (χ2n) is 18.7. The molecule has 12 unspecified atom stereocenters. The summed E-state index contributed by atoms with van der Waals surface area (Å²) in [5.74, 6) is -6.88. The molecule has 0 saturated carbocycles. The number of thioether (sulfide) groups is 2. The van der Waals surface area contributed by atoms with E-state index in [9.17, 15) is 63.3 Å². The molecule has 33 heteroatoms. The van der Waals surface area contributed by atoms with Gasteiger partial charge in [0.15, 0.2) is 5.70 Å². The molecule has 5 N–H and O–H groups in total. The minimum atomic E-state index is -4.46. The molecule has 2 aromatic rings. The smallest absolute Gasteiger partial charge is 0.543 e. The molecule has 4 radical (unpaired) electrons. The molecule has 81 heavy (non-hydrogen) atoms. The predicted molar refractivity (Wildman–Crippen MR) is 289 cm³/mol. The first-order valence-electron chi connectivity index (χ1n) is 24.5. The third kappa shape index (κ3) is 14.8. The van der Waals surface area contributed by atoms with Crippen molar-refractivity contribution in [2.75, 3.05) is 11.8 Å². The quantitative estimate of drug-likeness (QED) is 0.0512. The summed E-state index contributed by atoms with van der Waals surface area (Å²) in [4.78, 5) is 100. The van der Waals surface area contributed by atoms with E-state index in [1.165, 1.54) is 65.9 Å². The molecule has 8 rings (SSSR count). The molecular formula is C48H55B2KN7O18P3S2. The third-order valence-corrected chi connectivity index (χ3v) is 17.8. The van der Waals surface area contributed by atoms with Crippen LogP contribution in [0, 0.1) is 35.5 Å². The summed E-state index contributed by atoms with van der Waals surface area (Å²) < 4.78 is 47.4. The van der Waals surface area contributed by atoms with E-state index >= 15 is 0 Å². The van der Waals surface area contributed by atoms with Crippen molar-refractivity contribution < 1.29 is 137 Å². The van der Waals surface area contributed by atoms with Crippen molar-refractivity contribution in [3.8, 4) is 11.5 Å². The largest absolute Gasteiger partial charge is 1.00 e. The standard InChI is InChI=1S/C22H21BN2O8P2.C13H17BN3O5PS.C13H18N2O5S.K/c1-13-18-17(14(2)26)21(27)25(18)19(22(28)30-34-24-23)20(13)33-35(29,31-15-9-5-3-6-10-15)32-16-11-7-4-8-12-16;1-5-9-8(6(2)18)12(20)17(9)10(13(21)22-23-16-14)11(5)24-4-15-7(3)19;1-5-9-8(6(2)16)12(18)15(9)10(13(19)20)11(5)21-4-14-7(3)17;/h3-14,17-18,26H,1-2H3;5-6,8-9,18H,4H2,1-3H3,(H,15,19);5-6,8-9,16H,4H2,1-3H3,(H,14,17)(H,19,20);/q;;;+1/p-1. The van der Waals surface area contributed by atoms with E-state index in [0.29, 0.717) is 9.81 Å². The van der Waals surface area contributed by atoms with E-state index in [1.807, 2.05) is 13.8 Å².